The van der Waals surface area contributed by atoms with Gasteiger partial charge in [-0.25, -0.2) is 0 Å². The van der Waals surface area contributed by atoms with E-state index in [0.29, 0.717) is 39.4 Å². The SMILES string of the molecule is COc1cc(/C=C2/SC(=O)N(CC(=O)N3CCCC3)C2=O)cc(I)c1OCC(=O)Nc1ccccc1. The van der Waals surface area contributed by atoms with E-state index in [2.05, 4.69) is 27.9 Å². The van der Waals surface area contributed by atoms with Gasteiger partial charge in [-0.3, -0.25) is 24.1 Å². The lowest BCUT2D eigenvalue weighted by atomic mass is 10.2. The number of hydrogen-bond acceptors (Lipinski definition) is 7. The van der Waals surface area contributed by atoms with Gasteiger partial charge in [-0.1, -0.05) is 18.2 Å². The summed E-state index contributed by atoms with van der Waals surface area (Å²) in [6.07, 6.45) is 3.46. The van der Waals surface area contributed by atoms with Crippen molar-refractivity contribution in [2.75, 3.05) is 38.7 Å². The van der Waals surface area contributed by atoms with Gasteiger partial charge in [0.15, 0.2) is 18.1 Å². The zero-order valence-corrected chi connectivity index (χ0v) is 22.5. The summed E-state index contributed by atoms with van der Waals surface area (Å²) in [6, 6.07) is 12.5. The first-order chi connectivity index (χ1) is 17.4. The van der Waals surface area contributed by atoms with Gasteiger partial charge in [0.2, 0.25) is 5.91 Å². The van der Waals surface area contributed by atoms with E-state index in [4.69, 9.17) is 9.47 Å². The quantitative estimate of drug-likeness (QED) is 0.352. The molecule has 0 spiro atoms. The molecule has 4 amide bonds. The number of amides is 4. The molecular formula is C25H24IN3O6S. The molecule has 2 aliphatic rings. The Morgan fingerprint density at radius 3 is 2.56 bits per heavy atom. The van der Waals surface area contributed by atoms with Gasteiger partial charge in [-0.05, 0) is 83.1 Å². The van der Waals surface area contributed by atoms with Crippen LogP contribution in [0, 0.1) is 3.57 Å². The number of rotatable bonds is 8. The van der Waals surface area contributed by atoms with Crippen LogP contribution >= 0.6 is 34.4 Å². The minimum absolute atomic E-state index is 0.218. The Balaban J connectivity index is 1.44. The van der Waals surface area contributed by atoms with E-state index in [1.807, 2.05) is 18.2 Å². The van der Waals surface area contributed by atoms with Gasteiger partial charge in [-0.2, -0.15) is 0 Å². The van der Waals surface area contributed by atoms with Crippen molar-refractivity contribution in [2.24, 2.45) is 0 Å². The number of benzene rings is 2. The average molecular weight is 621 g/mol. The predicted molar refractivity (Wildman–Crippen MR) is 145 cm³/mol. The highest BCUT2D eigenvalue weighted by Gasteiger charge is 2.37. The molecule has 1 N–H and O–H groups in total. The number of nitrogens with one attached hydrogen (secondary N) is 1. The number of likely N-dealkylation sites (tertiary alicyclic amines) is 1. The van der Waals surface area contributed by atoms with Crippen molar-refractivity contribution < 1.29 is 28.7 Å². The Morgan fingerprint density at radius 1 is 1.14 bits per heavy atom. The molecule has 2 saturated heterocycles. The number of carbonyl (C=O) groups excluding carboxylic acids is 4. The number of methoxy groups -OCH3 is 1. The third-order valence-electron chi connectivity index (χ3n) is 5.58. The summed E-state index contributed by atoms with van der Waals surface area (Å²) < 4.78 is 11.8. The van der Waals surface area contributed by atoms with Crippen LogP contribution in [0.3, 0.4) is 0 Å². The summed E-state index contributed by atoms with van der Waals surface area (Å²) in [5.74, 6) is -0.262. The lowest BCUT2D eigenvalue weighted by molar-refractivity contribution is -0.135. The second-order valence-electron chi connectivity index (χ2n) is 8.09. The maximum Gasteiger partial charge on any atom is 0.294 e. The zero-order chi connectivity index (χ0) is 25.7. The van der Waals surface area contributed by atoms with Gasteiger partial charge in [0.25, 0.3) is 17.1 Å². The van der Waals surface area contributed by atoms with Gasteiger partial charge in [-0.15, -0.1) is 0 Å². The number of ether oxygens (including phenoxy) is 2. The minimum Gasteiger partial charge on any atom is -0.493 e. The Morgan fingerprint density at radius 2 is 1.86 bits per heavy atom. The molecule has 0 unspecified atom stereocenters. The summed E-state index contributed by atoms with van der Waals surface area (Å²) in [7, 11) is 1.48. The van der Waals surface area contributed by atoms with E-state index < -0.39 is 11.1 Å². The van der Waals surface area contributed by atoms with Crippen LogP contribution in [0.1, 0.15) is 18.4 Å². The molecule has 0 aromatic heterocycles. The fourth-order valence-electron chi connectivity index (χ4n) is 3.81. The lowest BCUT2D eigenvalue weighted by Crippen LogP contribution is -2.40. The van der Waals surface area contributed by atoms with Crippen LogP contribution in [0.15, 0.2) is 47.4 Å². The number of thioether (sulfide) groups is 1. The Kier molecular flexibility index (Phi) is 8.52. The Bertz CT molecular complexity index is 1210. The van der Waals surface area contributed by atoms with Crippen molar-refractivity contribution in [1.82, 2.24) is 9.80 Å². The van der Waals surface area contributed by atoms with Crippen LogP contribution in [0.5, 0.6) is 11.5 Å². The summed E-state index contributed by atoms with van der Waals surface area (Å²) in [5, 5.41) is 2.28. The first kappa shape index (κ1) is 26.0. The molecule has 2 heterocycles. The fraction of sp³-hybridized carbons (Fsp3) is 0.280. The third kappa shape index (κ3) is 6.19. The molecule has 9 nitrogen and oxygen atoms in total. The molecule has 0 aliphatic carbocycles. The lowest BCUT2D eigenvalue weighted by Gasteiger charge is -2.18. The Hall–Kier alpha value is -3.06. The minimum atomic E-state index is -0.496. The second-order valence-corrected chi connectivity index (χ2v) is 10.2. The second kappa shape index (κ2) is 11.8. The number of imide groups is 1. The van der Waals surface area contributed by atoms with Crippen molar-refractivity contribution in [3.8, 4) is 11.5 Å². The van der Waals surface area contributed by atoms with Crippen LogP contribution in [0.2, 0.25) is 0 Å². The van der Waals surface area contributed by atoms with E-state index in [0.717, 1.165) is 29.5 Å². The number of hydrogen-bond donors (Lipinski definition) is 1. The molecule has 4 rings (SSSR count). The maximum absolute atomic E-state index is 12.8. The summed E-state index contributed by atoms with van der Waals surface area (Å²) >= 11 is 2.86. The molecule has 11 heteroatoms. The first-order valence-corrected chi connectivity index (χ1v) is 13.1. The largest absolute Gasteiger partial charge is 0.493 e. The summed E-state index contributed by atoms with van der Waals surface area (Å²) in [5.41, 5.74) is 1.29. The Labute approximate surface area is 226 Å². The molecule has 2 fully saturated rings. The van der Waals surface area contributed by atoms with Crippen LogP contribution in [-0.4, -0.2) is 66.1 Å². The van der Waals surface area contributed by atoms with Gasteiger partial charge in [0.1, 0.15) is 6.54 Å². The number of nitrogens with zero attached hydrogens (tertiary/aromatic N) is 2. The van der Waals surface area contributed by atoms with Crippen molar-refractivity contribution in [1.29, 1.82) is 0 Å². The average Bonchev–Trinajstić information content (AvgIpc) is 3.49. The van der Waals surface area contributed by atoms with E-state index in [1.54, 1.807) is 35.2 Å². The van der Waals surface area contributed by atoms with Crippen LogP contribution in [-0.2, 0) is 14.4 Å². The van der Waals surface area contributed by atoms with E-state index >= 15 is 0 Å². The monoisotopic (exact) mass is 621 g/mol. The standard InChI is InChI=1S/C25H24IN3O6S/c1-34-19-12-16(11-18(26)23(19)35-15-21(30)27-17-7-3-2-4-8-17)13-20-24(32)29(25(33)36-20)14-22(31)28-9-5-6-10-28/h2-4,7-8,11-13H,5-6,9-10,14-15H2,1H3,(H,27,30)/b20-13+. The van der Waals surface area contributed by atoms with Crippen molar-refractivity contribution >= 4 is 69.1 Å². The van der Waals surface area contributed by atoms with E-state index in [1.165, 1.54) is 7.11 Å². The van der Waals surface area contributed by atoms with Crippen LogP contribution in [0.4, 0.5) is 10.5 Å². The molecule has 188 valence electrons. The molecule has 0 radical (unpaired) electrons. The number of anilines is 1. The molecule has 0 bridgehead atoms. The van der Waals surface area contributed by atoms with Gasteiger partial charge < -0.3 is 19.7 Å². The van der Waals surface area contributed by atoms with Crippen molar-refractivity contribution in [3.63, 3.8) is 0 Å². The fourth-order valence-corrected chi connectivity index (χ4v) is 5.43. The smallest absolute Gasteiger partial charge is 0.294 e. The number of halogens is 1. The summed E-state index contributed by atoms with van der Waals surface area (Å²) in [4.78, 5) is 52.9. The first-order valence-electron chi connectivity index (χ1n) is 11.2. The highest BCUT2D eigenvalue weighted by Crippen LogP contribution is 2.37. The highest BCUT2D eigenvalue weighted by molar-refractivity contribution is 14.1. The normalized spacial score (nSPS) is 16.6. The van der Waals surface area contributed by atoms with E-state index in [-0.39, 0.29) is 29.9 Å². The van der Waals surface area contributed by atoms with Crippen LogP contribution < -0.4 is 14.8 Å². The van der Waals surface area contributed by atoms with Crippen LogP contribution in [0.25, 0.3) is 6.08 Å². The molecule has 2 aliphatic heterocycles. The molecular weight excluding hydrogens is 597 g/mol. The summed E-state index contributed by atoms with van der Waals surface area (Å²) in [6.45, 7) is 0.849. The molecule has 0 atom stereocenters. The topological polar surface area (TPSA) is 105 Å². The molecule has 2 aromatic rings. The van der Waals surface area contributed by atoms with E-state index in [9.17, 15) is 19.2 Å². The molecule has 0 saturated carbocycles. The highest BCUT2D eigenvalue weighted by atomic mass is 127. The van der Waals surface area contributed by atoms with Crippen molar-refractivity contribution in [2.45, 2.75) is 12.8 Å². The number of para-hydroxylation sites is 1. The zero-order valence-electron chi connectivity index (χ0n) is 19.5. The number of carbonyl (C=O) groups is 4. The van der Waals surface area contributed by atoms with Gasteiger partial charge in [0.05, 0.1) is 15.6 Å². The third-order valence-corrected chi connectivity index (χ3v) is 7.29. The van der Waals surface area contributed by atoms with Gasteiger partial charge >= 0.3 is 0 Å². The maximum atomic E-state index is 12.8. The molecule has 36 heavy (non-hydrogen) atoms. The predicted octanol–water partition coefficient (Wildman–Crippen LogP) is 3.98. The van der Waals surface area contributed by atoms with Crippen molar-refractivity contribution in [3.05, 3.63) is 56.5 Å². The van der Waals surface area contributed by atoms with Gasteiger partial charge in [0, 0.05) is 18.8 Å². The molecule has 2 aromatic carbocycles.